The maximum Gasteiger partial charge on any atom is 0.154 e. The quantitative estimate of drug-likeness (QED) is 0.196. The molecular formula is C23H36O2. The number of rotatable bonds is 15. The lowest BCUT2D eigenvalue weighted by Gasteiger charge is -2.09. The van der Waals surface area contributed by atoms with Crippen LogP contribution < -0.4 is 4.74 Å². The van der Waals surface area contributed by atoms with E-state index in [9.17, 15) is 4.79 Å². The zero-order chi connectivity index (χ0) is 18.2. The number of carbonyl (C=O) groups excluding carboxylic acids is 1. The van der Waals surface area contributed by atoms with Gasteiger partial charge in [0, 0.05) is 0 Å². The van der Waals surface area contributed by atoms with Crippen LogP contribution in [0, 0.1) is 0 Å². The third kappa shape index (κ3) is 9.48. The van der Waals surface area contributed by atoms with Crippen molar-refractivity contribution in [3.05, 3.63) is 41.5 Å². The molecule has 0 fully saturated rings. The number of aryl methyl sites for hydroxylation is 1. The first-order chi connectivity index (χ1) is 12.3. The Balaban J connectivity index is 2.06. The summed E-state index contributed by atoms with van der Waals surface area (Å²) in [7, 11) is 1.62. The molecule has 1 aromatic carbocycles. The van der Waals surface area contributed by atoms with Crippen molar-refractivity contribution in [1.82, 2.24) is 0 Å². The average molecular weight is 345 g/mol. The fourth-order valence-electron chi connectivity index (χ4n) is 3.15. The molecule has 0 spiro atoms. The van der Waals surface area contributed by atoms with E-state index in [1.165, 1.54) is 64.2 Å². The largest absolute Gasteiger partial charge is 0.496 e. The van der Waals surface area contributed by atoms with E-state index in [0.717, 1.165) is 24.7 Å². The Labute approximate surface area is 154 Å². The van der Waals surface area contributed by atoms with E-state index in [1.54, 1.807) is 7.11 Å². The van der Waals surface area contributed by atoms with Gasteiger partial charge in [-0.3, -0.25) is 4.79 Å². The fourth-order valence-corrected chi connectivity index (χ4v) is 3.15. The highest BCUT2D eigenvalue weighted by Crippen LogP contribution is 2.22. The topological polar surface area (TPSA) is 26.3 Å². The van der Waals surface area contributed by atoms with E-state index in [0.29, 0.717) is 11.3 Å². The highest BCUT2D eigenvalue weighted by Gasteiger charge is 2.07. The molecule has 0 saturated carbocycles. The van der Waals surface area contributed by atoms with Crippen LogP contribution in [0.5, 0.6) is 5.75 Å². The zero-order valence-corrected chi connectivity index (χ0v) is 16.3. The van der Waals surface area contributed by atoms with E-state index >= 15 is 0 Å². The molecular weight excluding hydrogens is 308 g/mol. The minimum Gasteiger partial charge on any atom is -0.496 e. The molecule has 0 heterocycles. The van der Waals surface area contributed by atoms with Gasteiger partial charge in [0.15, 0.2) is 6.29 Å². The fraction of sp³-hybridized carbons (Fsp3) is 0.609. The van der Waals surface area contributed by atoms with Gasteiger partial charge in [-0.1, -0.05) is 69.7 Å². The average Bonchev–Trinajstić information content (AvgIpc) is 2.65. The zero-order valence-electron chi connectivity index (χ0n) is 16.3. The summed E-state index contributed by atoms with van der Waals surface area (Å²) in [5.74, 6) is 0.689. The number of hydrogen-bond acceptors (Lipinski definition) is 2. The molecule has 0 aliphatic rings. The third-order valence-electron chi connectivity index (χ3n) is 4.70. The van der Waals surface area contributed by atoms with Gasteiger partial charge in [-0.05, 0) is 50.2 Å². The number of aldehydes is 1. The summed E-state index contributed by atoms with van der Waals surface area (Å²) in [5, 5.41) is 0. The van der Waals surface area contributed by atoms with Crippen LogP contribution in [0.2, 0.25) is 0 Å². The molecule has 0 saturated heterocycles. The Kier molecular flexibility index (Phi) is 12.7. The molecule has 140 valence electrons. The highest BCUT2D eigenvalue weighted by molar-refractivity contribution is 5.81. The normalized spacial score (nSPS) is 11.1. The molecule has 0 unspecified atom stereocenters. The molecule has 1 aromatic rings. The Morgan fingerprint density at radius 1 is 0.880 bits per heavy atom. The summed E-state index contributed by atoms with van der Waals surface area (Å²) in [5.41, 5.74) is 1.83. The van der Waals surface area contributed by atoms with Gasteiger partial charge in [-0.2, -0.15) is 0 Å². The first-order valence-electron chi connectivity index (χ1n) is 10.1. The lowest BCUT2D eigenvalue weighted by atomic mass is 10.0. The van der Waals surface area contributed by atoms with Crippen molar-refractivity contribution in [2.24, 2.45) is 0 Å². The predicted molar refractivity (Wildman–Crippen MR) is 108 cm³/mol. The molecule has 2 nitrogen and oxygen atoms in total. The number of methoxy groups -OCH3 is 1. The van der Waals surface area contributed by atoms with Gasteiger partial charge in [0.1, 0.15) is 5.75 Å². The van der Waals surface area contributed by atoms with Gasteiger partial charge < -0.3 is 4.74 Å². The minimum absolute atomic E-state index is 0.689. The van der Waals surface area contributed by atoms with Crippen LogP contribution in [-0.4, -0.2) is 13.4 Å². The smallest absolute Gasteiger partial charge is 0.154 e. The Morgan fingerprint density at radius 2 is 1.52 bits per heavy atom. The molecule has 0 bridgehead atoms. The van der Waals surface area contributed by atoms with Crippen LogP contribution in [0.1, 0.15) is 93.5 Å². The van der Waals surface area contributed by atoms with Gasteiger partial charge in [-0.25, -0.2) is 0 Å². The van der Waals surface area contributed by atoms with Crippen LogP contribution in [0.3, 0.4) is 0 Å². The van der Waals surface area contributed by atoms with E-state index in [1.807, 2.05) is 18.2 Å². The lowest BCUT2D eigenvalue weighted by molar-refractivity contribution is 0.111. The SMILES string of the molecule is CCCCCCC=CCCCCCCCc1cccc(OC)c1C=O. The van der Waals surface area contributed by atoms with E-state index in [4.69, 9.17) is 4.74 Å². The van der Waals surface area contributed by atoms with Crippen molar-refractivity contribution < 1.29 is 9.53 Å². The molecule has 0 N–H and O–H groups in total. The number of ether oxygens (including phenoxy) is 1. The van der Waals surface area contributed by atoms with E-state index < -0.39 is 0 Å². The number of unbranched alkanes of at least 4 members (excludes halogenated alkanes) is 9. The number of hydrogen-bond donors (Lipinski definition) is 0. The maximum absolute atomic E-state index is 11.3. The molecule has 0 radical (unpaired) electrons. The molecule has 0 aromatic heterocycles. The van der Waals surface area contributed by atoms with E-state index in [-0.39, 0.29) is 0 Å². The Morgan fingerprint density at radius 3 is 2.16 bits per heavy atom. The van der Waals surface area contributed by atoms with Crippen LogP contribution in [0.25, 0.3) is 0 Å². The van der Waals surface area contributed by atoms with Gasteiger partial charge in [0.05, 0.1) is 12.7 Å². The number of benzene rings is 1. The Bertz CT molecular complexity index is 491. The summed E-state index contributed by atoms with van der Waals surface area (Å²) in [6, 6.07) is 5.86. The molecule has 0 amide bonds. The minimum atomic E-state index is 0.689. The molecule has 1 rings (SSSR count). The molecule has 25 heavy (non-hydrogen) atoms. The molecule has 0 atom stereocenters. The predicted octanol–water partition coefficient (Wildman–Crippen LogP) is 6.92. The third-order valence-corrected chi connectivity index (χ3v) is 4.70. The van der Waals surface area contributed by atoms with Crippen LogP contribution in [0.4, 0.5) is 0 Å². The first-order valence-corrected chi connectivity index (χ1v) is 10.1. The highest BCUT2D eigenvalue weighted by atomic mass is 16.5. The number of allylic oxidation sites excluding steroid dienone is 2. The summed E-state index contributed by atoms with van der Waals surface area (Å²) in [6.45, 7) is 2.26. The maximum atomic E-state index is 11.3. The lowest BCUT2D eigenvalue weighted by Crippen LogP contribution is -1.97. The first kappa shape index (κ1) is 21.5. The summed E-state index contributed by atoms with van der Waals surface area (Å²) in [4.78, 5) is 11.3. The van der Waals surface area contributed by atoms with Crippen molar-refractivity contribution in [1.29, 1.82) is 0 Å². The summed E-state index contributed by atoms with van der Waals surface area (Å²) >= 11 is 0. The molecule has 0 aliphatic heterocycles. The molecule has 0 aliphatic carbocycles. The Hall–Kier alpha value is -1.57. The second-order valence-electron chi connectivity index (χ2n) is 6.78. The standard InChI is InChI=1S/C23H36O2/c1-3-4-5-6-7-8-9-10-11-12-13-14-15-17-21-18-16-19-23(25-2)22(21)20-24/h8-9,16,18-20H,3-7,10-15,17H2,1-2H3. The summed E-state index contributed by atoms with van der Waals surface area (Å²) < 4.78 is 5.26. The summed E-state index contributed by atoms with van der Waals surface area (Å²) in [6.07, 6.45) is 20.7. The van der Waals surface area contributed by atoms with Gasteiger partial charge in [-0.15, -0.1) is 0 Å². The van der Waals surface area contributed by atoms with Crippen molar-refractivity contribution in [2.75, 3.05) is 7.11 Å². The van der Waals surface area contributed by atoms with Crippen molar-refractivity contribution in [3.63, 3.8) is 0 Å². The van der Waals surface area contributed by atoms with Crippen molar-refractivity contribution >= 4 is 6.29 Å². The number of carbonyl (C=O) groups is 1. The van der Waals surface area contributed by atoms with E-state index in [2.05, 4.69) is 19.1 Å². The van der Waals surface area contributed by atoms with Gasteiger partial charge in [0.2, 0.25) is 0 Å². The van der Waals surface area contributed by atoms with Crippen LogP contribution in [0.15, 0.2) is 30.4 Å². The molecule has 2 heteroatoms. The van der Waals surface area contributed by atoms with Crippen LogP contribution >= 0.6 is 0 Å². The second-order valence-corrected chi connectivity index (χ2v) is 6.78. The second kappa shape index (κ2) is 14.7. The monoisotopic (exact) mass is 344 g/mol. The van der Waals surface area contributed by atoms with Gasteiger partial charge >= 0.3 is 0 Å². The van der Waals surface area contributed by atoms with Crippen molar-refractivity contribution in [2.45, 2.75) is 84.0 Å². The van der Waals surface area contributed by atoms with Crippen LogP contribution in [-0.2, 0) is 6.42 Å². The van der Waals surface area contributed by atoms with Crippen molar-refractivity contribution in [3.8, 4) is 5.75 Å². The van der Waals surface area contributed by atoms with Gasteiger partial charge in [0.25, 0.3) is 0 Å².